The van der Waals surface area contributed by atoms with Crippen LogP contribution in [-0.2, 0) is 23.1 Å². The molecule has 1 heterocycles. The van der Waals surface area contributed by atoms with Gasteiger partial charge in [-0.05, 0) is 42.5 Å². The van der Waals surface area contributed by atoms with Gasteiger partial charge >= 0.3 is 0 Å². The topological polar surface area (TPSA) is 49.4 Å². The van der Waals surface area contributed by atoms with Crippen molar-refractivity contribution in [3.8, 4) is 0 Å². The van der Waals surface area contributed by atoms with Gasteiger partial charge < -0.3 is 5.32 Å². The van der Waals surface area contributed by atoms with E-state index >= 15 is 0 Å². The number of nitrogens with zero attached hydrogens (tertiary/aromatic N) is 1. The third kappa shape index (κ3) is 2.42. The van der Waals surface area contributed by atoms with E-state index in [1.807, 2.05) is 19.1 Å². The molecule has 3 rings (SSSR count). The van der Waals surface area contributed by atoms with Crippen LogP contribution in [0.5, 0.6) is 0 Å². The summed E-state index contributed by atoms with van der Waals surface area (Å²) in [6, 6.07) is 5.78. The molecule has 0 atom stereocenters. The Hall–Kier alpha value is -0.910. The second kappa shape index (κ2) is 4.89. The molecule has 4 nitrogen and oxygen atoms in total. The third-order valence-electron chi connectivity index (χ3n) is 3.81. The number of nitrogens with one attached hydrogen (secondary N) is 1. The molecule has 0 unspecified atom stereocenters. The quantitative estimate of drug-likeness (QED) is 0.895. The molecule has 1 N–H and O–H groups in total. The Balaban J connectivity index is 1.94. The lowest BCUT2D eigenvalue weighted by molar-refractivity contribution is 0.403. The first-order valence-corrected chi connectivity index (χ1v) is 8.41. The van der Waals surface area contributed by atoms with E-state index in [-0.39, 0.29) is 6.04 Å². The van der Waals surface area contributed by atoms with Gasteiger partial charge in [0.25, 0.3) is 0 Å². The second-order valence-corrected chi connectivity index (χ2v) is 7.27. The molecule has 0 bridgehead atoms. The van der Waals surface area contributed by atoms with Crippen LogP contribution in [0.1, 0.15) is 37.3 Å². The lowest BCUT2D eigenvalue weighted by Crippen LogP contribution is -2.33. The van der Waals surface area contributed by atoms with Gasteiger partial charge in [-0.15, -0.1) is 0 Å². The SMILES string of the molecule is CCCN(C1CC1)S(=O)(=O)c1ccc2c(c1)CNC2. The van der Waals surface area contributed by atoms with Crippen LogP contribution in [-0.4, -0.2) is 25.3 Å². The van der Waals surface area contributed by atoms with Gasteiger partial charge in [0.2, 0.25) is 10.0 Å². The summed E-state index contributed by atoms with van der Waals surface area (Å²) in [5, 5.41) is 3.25. The first-order valence-electron chi connectivity index (χ1n) is 6.97. The number of fused-ring (bicyclic) bond motifs is 1. The number of rotatable bonds is 5. The van der Waals surface area contributed by atoms with Crippen molar-refractivity contribution in [2.45, 2.75) is 50.2 Å². The van der Waals surface area contributed by atoms with E-state index in [0.717, 1.165) is 37.9 Å². The summed E-state index contributed by atoms with van der Waals surface area (Å²) in [4.78, 5) is 0.454. The minimum Gasteiger partial charge on any atom is -0.309 e. The molecular formula is C14H20N2O2S. The van der Waals surface area contributed by atoms with Gasteiger partial charge in [-0.1, -0.05) is 13.0 Å². The van der Waals surface area contributed by atoms with Gasteiger partial charge in [-0.25, -0.2) is 8.42 Å². The van der Waals surface area contributed by atoms with Gasteiger partial charge in [0, 0.05) is 25.7 Å². The molecule has 0 saturated heterocycles. The van der Waals surface area contributed by atoms with Crippen molar-refractivity contribution < 1.29 is 8.42 Å². The molecule has 1 aliphatic heterocycles. The maximum atomic E-state index is 12.7. The molecule has 0 spiro atoms. The van der Waals surface area contributed by atoms with Crippen LogP contribution >= 0.6 is 0 Å². The highest BCUT2D eigenvalue weighted by atomic mass is 32.2. The number of hydrogen-bond donors (Lipinski definition) is 1. The first kappa shape index (κ1) is 13.1. The molecule has 1 aromatic rings. The monoisotopic (exact) mass is 280 g/mol. The number of hydrogen-bond acceptors (Lipinski definition) is 3. The van der Waals surface area contributed by atoms with Gasteiger partial charge in [-0.3, -0.25) is 0 Å². The molecule has 0 amide bonds. The van der Waals surface area contributed by atoms with Crippen molar-refractivity contribution in [2.75, 3.05) is 6.54 Å². The summed E-state index contributed by atoms with van der Waals surface area (Å²) in [5.41, 5.74) is 2.33. The summed E-state index contributed by atoms with van der Waals surface area (Å²) in [6.07, 6.45) is 2.87. The molecule has 0 radical (unpaired) electrons. The van der Waals surface area contributed by atoms with Gasteiger partial charge in [0.05, 0.1) is 4.90 Å². The maximum absolute atomic E-state index is 12.7. The fourth-order valence-electron chi connectivity index (χ4n) is 2.65. The zero-order valence-electron chi connectivity index (χ0n) is 11.2. The summed E-state index contributed by atoms with van der Waals surface area (Å²) in [7, 11) is -3.32. The lowest BCUT2D eigenvalue weighted by atomic mass is 10.1. The molecule has 19 heavy (non-hydrogen) atoms. The molecule has 5 heteroatoms. The molecule has 0 aromatic heterocycles. The van der Waals surface area contributed by atoms with Crippen molar-refractivity contribution in [1.82, 2.24) is 9.62 Å². The van der Waals surface area contributed by atoms with Crippen molar-refractivity contribution in [2.24, 2.45) is 0 Å². The zero-order valence-corrected chi connectivity index (χ0v) is 12.0. The first-order chi connectivity index (χ1) is 9.13. The minimum absolute atomic E-state index is 0.233. The van der Waals surface area contributed by atoms with Crippen LogP contribution < -0.4 is 5.32 Å². The van der Waals surface area contributed by atoms with Gasteiger partial charge in [0.1, 0.15) is 0 Å². The number of benzene rings is 1. The van der Waals surface area contributed by atoms with Gasteiger partial charge in [0.15, 0.2) is 0 Å². The van der Waals surface area contributed by atoms with Crippen LogP contribution in [0.3, 0.4) is 0 Å². The van der Waals surface area contributed by atoms with Crippen LogP contribution in [0, 0.1) is 0 Å². The molecule has 1 saturated carbocycles. The summed E-state index contributed by atoms with van der Waals surface area (Å²) in [6.45, 7) is 4.27. The highest BCUT2D eigenvalue weighted by molar-refractivity contribution is 7.89. The predicted molar refractivity (Wildman–Crippen MR) is 74.2 cm³/mol. The molecule has 104 valence electrons. The Kier molecular flexibility index (Phi) is 3.37. The second-order valence-electron chi connectivity index (χ2n) is 5.38. The van der Waals surface area contributed by atoms with Gasteiger partial charge in [-0.2, -0.15) is 4.31 Å². The maximum Gasteiger partial charge on any atom is 0.243 e. The minimum atomic E-state index is -3.32. The summed E-state index contributed by atoms with van der Waals surface area (Å²) >= 11 is 0. The smallest absolute Gasteiger partial charge is 0.243 e. The molecule has 2 aliphatic rings. The average Bonchev–Trinajstić information content (AvgIpc) is 3.11. The van der Waals surface area contributed by atoms with E-state index < -0.39 is 10.0 Å². The Morgan fingerprint density at radius 1 is 1.26 bits per heavy atom. The fourth-order valence-corrected chi connectivity index (χ4v) is 4.48. The molecule has 1 fully saturated rings. The normalized spacial score (nSPS) is 18.8. The molecular weight excluding hydrogens is 260 g/mol. The van der Waals surface area contributed by atoms with E-state index in [1.165, 1.54) is 5.56 Å². The van der Waals surface area contributed by atoms with E-state index in [9.17, 15) is 8.42 Å². The zero-order chi connectivity index (χ0) is 13.5. The fraction of sp³-hybridized carbons (Fsp3) is 0.571. The molecule has 1 aromatic carbocycles. The van der Waals surface area contributed by atoms with Crippen LogP contribution in [0.2, 0.25) is 0 Å². The predicted octanol–water partition coefficient (Wildman–Crippen LogP) is 1.85. The van der Waals surface area contributed by atoms with Crippen molar-refractivity contribution in [1.29, 1.82) is 0 Å². The lowest BCUT2D eigenvalue weighted by Gasteiger charge is -2.21. The highest BCUT2D eigenvalue weighted by Crippen LogP contribution is 2.33. The van der Waals surface area contributed by atoms with Crippen molar-refractivity contribution in [3.63, 3.8) is 0 Å². The summed E-state index contributed by atoms with van der Waals surface area (Å²) in [5.74, 6) is 0. The Labute approximate surface area is 114 Å². The van der Waals surface area contributed by atoms with Crippen LogP contribution in [0.4, 0.5) is 0 Å². The largest absolute Gasteiger partial charge is 0.309 e. The van der Waals surface area contributed by atoms with E-state index in [0.29, 0.717) is 11.4 Å². The summed E-state index contributed by atoms with van der Waals surface area (Å²) < 4.78 is 27.1. The van der Waals surface area contributed by atoms with Crippen LogP contribution in [0.15, 0.2) is 23.1 Å². The molecule has 1 aliphatic carbocycles. The van der Waals surface area contributed by atoms with E-state index in [2.05, 4.69) is 5.32 Å². The highest BCUT2D eigenvalue weighted by Gasteiger charge is 2.37. The van der Waals surface area contributed by atoms with E-state index in [4.69, 9.17) is 0 Å². The van der Waals surface area contributed by atoms with Crippen LogP contribution in [0.25, 0.3) is 0 Å². The third-order valence-corrected chi connectivity index (χ3v) is 5.76. The standard InChI is InChI=1S/C14H20N2O2S/c1-2-7-16(13-4-5-13)19(17,18)14-6-3-11-9-15-10-12(11)8-14/h3,6,8,13,15H,2,4-5,7,9-10H2,1H3. The Bertz CT molecular complexity index is 579. The Morgan fingerprint density at radius 2 is 2.00 bits per heavy atom. The van der Waals surface area contributed by atoms with E-state index in [1.54, 1.807) is 10.4 Å². The van der Waals surface area contributed by atoms with Crippen molar-refractivity contribution in [3.05, 3.63) is 29.3 Å². The number of sulfonamides is 1. The Morgan fingerprint density at radius 3 is 2.68 bits per heavy atom. The van der Waals surface area contributed by atoms with Crippen molar-refractivity contribution >= 4 is 10.0 Å². The average molecular weight is 280 g/mol.